The number of H-pyrrole nitrogens is 1. The van der Waals surface area contributed by atoms with Gasteiger partial charge in [-0.15, -0.1) is 0 Å². The molecule has 0 saturated carbocycles. The molecule has 0 radical (unpaired) electrons. The van der Waals surface area contributed by atoms with Gasteiger partial charge < -0.3 is 0 Å². The molecule has 0 amide bonds. The van der Waals surface area contributed by atoms with Crippen LogP contribution >= 0.6 is 0 Å². The first-order valence-corrected chi connectivity index (χ1v) is 11.0. The Hall–Kier alpha value is -0.930. The Morgan fingerprint density at radius 3 is 2.73 bits per heavy atom. The van der Waals surface area contributed by atoms with Gasteiger partial charge in [-0.25, -0.2) is 21.6 Å². The number of hydrogen-bond acceptors (Lipinski definition) is 5. The highest BCUT2D eigenvalue weighted by Gasteiger charge is 2.37. The Balaban J connectivity index is 1.69. The van der Waals surface area contributed by atoms with Crippen LogP contribution in [0.3, 0.4) is 0 Å². The summed E-state index contributed by atoms with van der Waals surface area (Å²) in [6.07, 6.45) is 5.44. The van der Waals surface area contributed by atoms with E-state index in [1.165, 1.54) is 6.42 Å². The lowest BCUT2D eigenvalue weighted by molar-refractivity contribution is 0.566. The van der Waals surface area contributed by atoms with Gasteiger partial charge in [0.05, 0.1) is 29.0 Å². The third-order valence-electron chi connectivity index (χ3n) is 4.46. The summed E-state index contributed by atoms with van der Waals surface area (Å²) in [4.78, 5) is 0. The molecule has 2 aliphatic rings. The lowest BCUT2D eigenvalue weighted by Gasteiger charge is -2.11. The van der Waals surface area contributed by atoms with Crippen molar-refractivity contribution < 1.29 is 16.8 Å². The topological polar surface area (TPSA) is 109 Å². The SMILES string of the molecule is O=S1(=O)CCC(S(=O)(=O)NCc2n[nH]c3c2CCCCC3)C1. The van der Waals surface area contributed by atoms with E-state index in [0.29, 0.717) is 0 Å². The average Bonchev–Trinajstić information content (AvgIpc) is 2.92. The number of fused-ring (bicyclic) bond motifs is 1. The van der Waals surface area contributed by atoms with Crippen LogP contribution in [0.5, 0.6) is 0 Å². The summed E-state index contributed by atoms with van der Waals surface area (Å²) in [5, 5.41) is 6.39. The van der Waals surface area contributed by atoms with Crippen LogP contribution in [0.1, 0.15) is 42.6 Å². The summed E-state index contributed by atoms with van der Waals surface area (Å²) in [6, 6.07) is 0. The van der Waals surface area contributed by atoms with E-state index in [9.17, 15) is 16.8 Å². The van der Waals surface area contributed by atoms with Crippen molar-refractivity contribution in [3.05, 3.63) is 17.0 Å². The first-order chi connectivity index (χ1) is 10.4. The van der Waals surface area contributed by atoms with E-state index in [2.05, 4.69) is 14.9 Å². The van der Waals surface area contributed by atoms with Crippen LogP contribution in [0.25, 0.3) is 0 Å². The molecule has 2 N–H and O–H groups in total. The van der Waals surface area contributed by atoms with Crippen LogP contribution in [0.4, 0.5) is 0 Å². The molecule has 1 aliphatic heterocycles. The molecule has 0 aromatic carbocycles. The second-order valence-electron chi connectivity index (χ2n) is 6.08. The van der Waals surface area contributed by atoms with E-state index in [0.717, 1.165) is 42.6 Å². The molecule has 1 aromatic rings. The third kappa shape index (κ3) is 3.36. The van der Waals surface area contributed by atoms with E-state index in [-0.39, 0.29) is 24.5 Å². The van der Waals surface area contributed by atoms with E-state index in [1.54, 1.807) is 0 Å². The minimum atomic E-state index is -3.63. The Morgan fingerprint density at radius 1 is 1.23 bits per heavy atom. The Morgan fingerprint density at radius 2 is 2.00 bits per heavy atom. The normalized spacial score (nSPS) is 24.8. The number of aryl methyl sites for hydroxylation is 1. The van der Waals surface area contributed by atoms with Gasteiger partial charge in [0.15, 0.2) is 9.84 Å². The van der Waals surface area contributed by atoms with Crippen molar-refractivity contribution in [2.24, 2.45) is 0 Å². The molecule has 1 unspecified atom stereocenters. The van der Waals surface area contributed by atoms with Crippen molar-refractivity contribution in [2.75, 3.05) is 11.5 Å². The zero-order valence-electron chi connectivity index (χ0n) is 12.3. The predicted molar refractivity (Wildman–Crippen MR) is 82.7 cm³/mol. The van der Waals surface area contributed by atoms with Crippen molar-refractivity contribution in [1.29, 1.82) is 0 Å². The number of sulfonamides is 1. The van der Waals surface area contributed by atoms with Crippen LogP contribution in [-0.4, -0.2) is 43.8 Å². The quantitative estimate of drug-likeness (QED) is 0.761. The molecule has 0 spiro atoms. The number of aromatic amines is 1. The van der Waals surface area contributed by atoms with Crippen LogP contribution < -0.4 is 4.72 Å². The van der Waals surface area contributed by atoms with Gasteiger partial charge in [-0.3, -0.25) is 5.10 Å². The molecular weight excluding hydrogens is 326 g/mol. The average molecular weight is 347 g/mol. The second kappa shape index (κ2) is 5.93. The minimum Gasteiger partial charge on any atom is -0.282 e. The smallest absolute Gasteiger partial charge is 0.215 e. The number of aromatic nitrogens is 2. The Bertz CT molecular complexity index is 752. The lowest BCUT2D eigenvalue weighted by Crippen LogP contribution is -2.35. The largest absolute Gasteiger partial charge is 0.282 e. The van der Waals surface area contributed by atoms with Crippen molar-refractivity contribution in [2.45, 2.75) is 50.3 Å². The number of nitrogens with one attached hydrogen (secondary N) is 2. The summed E-state index contributed by atoms with van der Waals surface area (Å²) in [5.41, 5.74) is 2.97. The van der Waals surface area contributed by atoms with E-state index in [1.807, 2.05) is 0 Å². The van der Waals surface area contributed by atoms with Gasteiger partial charge in [0, 0.05) is 5.69 Å². The highest BCUT2D eigenvalue weighted by atomic mass is 32.2. The second-order valence-corrected chi connectivity index (χ2v) is 10.4. The van der Waals surface area contributed by atoms with Gasteiger partial charge in [0.1, 0.15) is 0 Å². The molecule has 7 nitrogen and oxygen atoms in total. The molecule has 1 aliphatic carbocycles. The van der Waals surface area contributed by atoms with Crippen LogP contribution in [0.2, 0.25) is 0 Å². The summed E-state index contributed by atoms with van der Waals surface area (Å²) in [6.45, 7) is 0.130. The molecule has 3 rings (SSSR count). The number of hydrogen-bond donors (Lipinski definition) is 2. The Labute approximate surface area is 130 Å². The molecule has 2 heterocycles. The molecule has 124 valence electrons. The zero-order valence-corrected chi connectivity index (χ0v) is 14.0. The van der Waals surface area contributed by atoms with E-state index >= 15 is 0 Å². The first kappa shape index (κ1) is 15.9. The molecule has 1 atom stereocenters. The maximum absolute atomic E-state index is 12.2. The summed E-state index contributed by atoms with van der Waals surface area (Å²) in [7, 11) is -6.84. The van der Waals surface area contributed by atoms with Gasteiger partial charge in [0.2, 0.25) is 10.0 Å². The minimum absolute atomic E-state index is 0.0453. The van der Waals surface area contributed by atoms with Crippen LogP contribution in [-0.2, 0) is 39.2 Å². The van der Waals surface area contributed by atoms with Gasteiger partial charge in [0.25, 0.3) is 0 Å². The molecule has 22 heavy (non-hydrogen) atoms. The molecule has 9 heteroatoms. The number of sulfone groups is 1. The number of rotatable bonds is 4. The fraction of sp³-hybridized carbons (Fsp3) is 0.769. The summed E-state index contributed by atoms with van der Waals surface area (Å²) < 4.78 is 49.9. The Kier molecular flexibility index (Phi) is 4.30. The van der Waals surface area contributed by atoms with Crippen molar-refractivity contribution in [3.63, 3.8) is 0 Å². The molecule has 1 aromatic heterocycles. The highest BCUT2D eigenvalue weighted by molar-refractivity contribution is 7.95. The molecule has 1 saturated heterocycles. The summed E-state index contributed by atoms with van der Waals surface area (Å²) >= 11 is 0. The van der Waals surface area contributed by atoms with Gasteiger partial charge in [-0.05, 0) is 37.7 Å². The van der Waals surface area contributed by atoms with Crippen molar-refractivity contribution in [3.8, 4) is 0 Å². The maximum atomic E-state index is 12.2. The zero-order chi connectivity index (χ0) is 15.8. The van der Waals surface area contributed by atoms with E-state index in [4.69, 9.17) is 0 Å². The van der Waals surface area contributed by atoms with Crippen LogP contribution in [0, 0.1) is 0 Å². The lowest BCUT2D eigenvalue weighted by atomic mass is 10.1. The third-order valence-corrected chi connectivity index (χ3v) is 8.27. The van der Waals surface area contributed by atoms with Gasteiger partial charge in [-0.1, -0.05) is 6.42 Å². The molecule has 0 bridgehead atoms. The number of nitrogens with zero attached hydrogens (tertiary/aromatic N) is 1. The summed E-state index contributed by atoms with van der Waals surface area (Å²) in [5.74, 6) is -0.322. The fourth-order valence-corrected chi connectivity index (χ4v) is 7.20. The monoisotopic (exact) mass is 347 g/mol. The van der Waals surface area contributed by atoms with Gasteiger partial charge in [-0.2, -0.15) is 5.10 Å². The highest BCUT2D eigenvalue weighted by Crippen LogP contribution is 2.22. The van der Waals surface area contributed by atoms with Crippen LogP contribution in [0.15, 0.2) is 0 Å². The van der Waals surface area contributed by atoms with Gasteiger partial charge >= 0.3 is 0 Å². The molecular formula is C13H21N3O4S2. The van der Waals surface area contributed by atoms with Crippen molar-refractivity contribution in [1.82, 2.24) is 14.9 Å². The fourth-order valence-electron chi connectivity index (χ4n) is 3.17. The predicted octanol–water partition coefficient (Wildman–Crippen LogP) is 0.285. The standard InChI is InChI=1S/C13H21N3O4S2/c17-21(18)7-6-10(9-21)22(19,20)14-8-13-11-4-2-1-3-5-12(11)15-16-13/h10,14H,1-9H2,(H,15,16). The maximum Gasteiger partial charge on any atom is 0.215 e. The first-order valence-electron chi connectivity index (χ1n) is 7.61. The van der Waals surface area contributed by atoms with Crippen molar-refractivity contribution >= 4 is 19.9 Å². The molecule has 1 fully saturated rings. The van der Waals surface area contributed by atoms with E-state index < -0.39 is 25.1 Å².